The van der Waals surface area contributed by atoms with Gasteiger partial charge in [0.2, 0.25) is 0 Å². The third-order valence-corrected chi connectivity index (χ3v) is 1.74. The highest BCUT2D eigenvalue weighted by Gasteiger charge is 2.13. The van der Waals surface area contributed by atoms with E-state index in [9.17, 15) is 4.79 Å². The zero-order valence-corrected chi connectivity index (χ0v) is 7.28. The maximum Gasteiger partial charge on any atom is 0.340 e. The third-order valence-electron chi connectivity index (χ3n) is 1.74. The zero-order chi connectivity index (χ0) is 9.84. The highest BCUT2D eigenvalue weighted by atomic mass is 16.5. The molecule has 0 aromatic heterocycles. The number of methoxy groups -OCH3 is 1. The van der Waals surface area contributed by atoms with Crippen LogP contribution in [-0.4, -0.2) is 18.2 Å². The number of esters is 1. The number of nitrogens with two attached hydrogens (primary N) is 1. The molecule has 4 heteroatoms. The summed E-state index contributed by atoms with van der Waals surface area (Å²) in [6, 6.07) is 4.89. The molecule has 0 aliphatic carbocycles. The molecule has 0 aliphatic rings. The van der Waals surface area contributed by atoms with E-state index >= 15 is 0 Å². The number of ether oxygens (including phenoxy) is 1. The Bertz CT molecular complexity index is 323. The van der Waals surface area contributed by atoms with Crippen LogP contribution in [0.25, 0.3) is 0 Å². The number of nitrogen functional groups attached to an aromatic ring is 1. The van der Waals surface area contributed by atoms with E-state index in [1.165, 1.54) is 7.11 Å². The number of aliphatic hydroxyl groups excluding tert-OH is 1. The summed E-state index contributed by atoms with van der Waals surface area (Å²) in [7, 11) is 1.27. The minimum Gasteiger partial charge on any atom is -0.465 e. The van der Waals surface area contributed by atoms with Gasteiger partial charge in [-0.15, -0.1) is 0 Å². The Kier molecular flexibility index (Phi) is 2.87. The first kappa shape index (κ1) is 9.54. The number of anilines is 1. The predicted molar refractivity (Wildman–Crippen MR) is 48.1 cm³/mol. The lowest BCUT2D eigenvalue weighted by molar-refractivity contribution is 0.0598. The van der Waals surface area contributed by atoms with Crippen LogP contribution in [0.4, 0.5) is 5.69 Å². The van der Waals surface area contributed by atoms with Crippen molar-refractivity contribution in [2.75, 3.05) is 12.8 Å². The number of benzene rings is 1. The van der Waals surface area contributed by atoms with Crippen LogP contribution < -0.4 is 5.73 Å². The van der Waals surface area contributed by atoms with Crippen LogP contribution >= 0.6 is 0 Å². The topological polar surface area (TPSA) is 72.5 Å². The van der Waals surface area contributed by atoms with Crippen molar-refractivity contribution >= 4 is 11.7 Å². The third kappa shape index (κ3) is 1.78. The van der Waals surface area contributed by atoms with E-state index in [0.29, 0.717) is 11.3 Å². The Morgan fingerprint density at radius 2 is 2.31 bits per heavy atom. The summed E-state index contributed by atoms with van der Waals surface area (Å²) >= 11 is 0. The highest BCUT2D eigenvalue weighted by Crippen LogP contribution is 2.17. The van der Waals surface area contributed by atoms with Gasteiger partial charge in [0.1, 0.15) is 0 Å². The molecule has 13 heavy (non-hydrogen) atoms. The number of hydrogen-bond acceptors (Lipinski definition) is 4. The molecular formula is C9H11NO3. The summed E-state index contributed by atoms with van der Waals surface area (Å²) in [4.78, 5) is 11.2. The second-order valence-corrected chi connectivity index (χ2v) is 2.53. The number of aliphatic hydroxyl groups is 1. The second-order valence-electron chi connectivity index (χ2n) is 2.53. The summed E-state index contributed by atoms with van der Waals surface area (Å²) in [5.41, 5.74) is 6.60. The van der Waals surface area contributed by atoms with Gasteiger partial charge in [-0.05, 0) is 11.6 Å². The molecule has 0 heterocycles. The molecule has 0 radical (unpaired) electrons. The molecule has 3 N–H and O–H groups in total. The summed E-state index contributed by atoms with van der Waals surface area (Å²) < 4.78 is 4.53. The first-order valence-corrected chi connectivity index (χ1v) is 3.77. The fourth-order valence-corrected chi connectivity index (χ4v) is 1.10. The van der Waals surface area contributed by atoms with E-state index < -0.39 is 5.97 Å². The maximum atomic E-state index is 11.2. The van der Waals surface area contributed by atoms with Gasteiger partial charge in [-0.3, -0.25) is 0 Å². The van der Waals surface area contributed by atoms with E-state index in [4.69, 9.17) is 10.8 Å². The molecule has 4 nitrogen and oxygen atoms in total. The Balaban J connectivity index is 3.22. The Morgan fingerprint density at radius 3 is 2.85 bits per heavy atom. The fraction of sp³-hybridized carbons (Fsp3) is 0.222. The molecular weight excluding hydrogens is 170 g/mol. The van der Waals surface area contributed by atoms with Crippen LogP contribution in [0.1, 0.15) is 15.9 Å². The van der Waals surface area contributed by atoms with E-state index in [2.05, 4.69) is 4.74 Å². The van der Waals surface area contributed by atoms with Crippen molar-refractivity contribution in [1.29, 1.82) is 0 Å². The van der Waals surface area contributed by atoms with Crippen LogP contribution in [0.5, 0.6) is 0 Å². The lowest BCUT2D eigenvalue weighted by atomic mass is 10.1. The largest absolute Gasteiger partial charge is 0.465 e. The van der Waals surface area contributed by atoms with Gasteiger partial charge >= 0.3 is 5.97 Å². The van der Waals surface area contributed by atoms with Gasteiger partial charge in [-0.1, -0.05) is 12.1 Å². The Hall–Kier alpha value is -1.55. The van der Waals surface area contributed by atoms with Gasteiger partial charge in [0.15, 0.2) is 0 Å². The molecule has 0 amide bonds. The van der Waals surface area contributed by atoms with Crippen molar-refractivity contribution in [3.63, 3.8) is 0 Å². The molecule has 0 bridgehead atoms. The Morgan fingerprint density at radius 1 is 1.62 bits per heavy atom. The molecule has 1 aromatic rings. The number of carbonyl (C=O) groups is 1. The lowest BCUT2D eigenvalue weighted by Gasteiger charge is -2.07. The molecule has 0 aliphatic heterocycles. The number of hydrogen-bond donors (Lipinski definition) is 2. The summed E-state index contributed by atoms with van der Waals surface area (Å²) in [5.74, 6) is -0.526. The van der Waals surface area contributed by atoms with Crippen molar-refractivity contribution < 1.29 is 14.6 Å². The summed E-state index contributed by atoms with van der Waals surface area (Å²) in [5, 5.41) is 8.92. The minimum absolute atomic E-state index is 0.227. The maximum absolute atomic E-state index is 11.2. The molecule has 0 unspecified atom stereocenters. The SMILES string of the molecule is COC(=O)c1c(N)cccc1CO. The van der Waals surface area contributed by atoms with Crippen LogP contribution in [-0.2, 0) is 11.3 Å². The van der Waals surface area contributed by atoms with Crippen LogP contribution in [0.3, 0.4) is 0 Å². The van der Waals surface area contributed by atoms with Crippen LogP contribution in [0.15, 0.2) is 18.2 Å². The van der Waals surface area contributed by atoms with Gasteiger partial charge in [-0.2, -0.15) is 0 Å². The smallest absolute Gasteiger partial charge is 0.340 e. The van der Waals surface area contributed by atoms with Crippen molar-refractivity contribution in [1.82, 2.24) is 0 Å². The quantitative estimate of drug-likeness (QED) is 0.516. The van der Waals surface area contributed by atoms with Crippen molar-refractivity contribution in [3.05, 3.63) is 29.3 Å². The molecule has 0 atom stereocenters. The zero-order valence-electron chi connectivity index (χ0n) is 7.28. The first-order valence-electron chi connectivity index (χ1n) is 3.77. The van der Waals surface area contributed by atoms with E-state index in [1.54, 1.807) is 18.2 Å². The molecule has 0 saturated carbocycles. The predicted octanol–water partition coefficient (Wildman–Crippen LogP) is 0.548. The standard InChI is InChI=1S/C9H11NO3/c1-13-9(12)8-6(5-11)3-2-4-7(8)10/h2-4,11H,5,10H2,1H3. The number of carbonyl (C=O) groups excluding carboxylic acids is 1. The van der Waals surface area contributed by atoms with Gasteiger partial charge in [0.25, 0.3) is 0 Å². The van der Waals surface area contributed by atoms with E-state index in [1.807, 2.05) is 0 Å². The first-order chi connectivity index (χ1) is 6.20. The van der Waals surface area contributed by atoms with Gasteiger partial charge in [0, 0.05) is 5.69 Å². The van der Waals surface area contributed by atoms with Crippen LogP contribution in [0, 0.1) is 0 Å². The van der Waals surface area contributed by atoms with Gasteiger partial charge in [0.05, 0.1) is 19.3 Å². The fourth-order valence-electron chi connectivity index (χ4n) is 1.10. The second kappa shape index (κ2) is 3.91. The van der Waals surface area contributed by atoms with Crippen molar-refractivity contribution in [2.24, 2.45) is 0 Å². The van der Waals surface area contributed by atoms with Crippen LogP contribution in [0.2, 0.25) is 0 Å². The summed E-state index contributed by atoms with van der Waals surface area (Å²) in [6.45, 7) is -0.227. The highest BCUT2D eigenvalue weighted by molar-refractivity contribution is 5.96. The minimum atomic E-state index is -0.526. The average molecular weight is 181 g/mol. The lowest BCUT2D eigenvalue weighted by Crippen LogP contribution is -2.09. The van der Waals surface area contributed by atoms with Gasteiger partial charge in [-0.25, -0.2) is 4.79 Å². The van der Waals surface area contributed by atoms with E-state index in [-0.39, 0.29) is 12.2 Å². The van der Waals surface area contributed by atoms with Crippen molar-refractivity contribution in [3.8, 4) is 0 Å². The molecule has 0 saturated heterocycles. The van der Waals surface area contributed by atoms with Gasteiger partial charge < -0.3 is 15.6 Å². The van der Waals surface area contributed by atoms with Crippen molar-refractivity contribution in [2.45, 2.75) is 6.61 Å². The molecule has 1 aromatic carbocycles. The molecule has 0 fully saturated rings. The molecule has 70 valence electrons. The molecule has 1 rings (SSSR count). The summed E-state index contributed by atoms with van der Waals surface area (Å²) in [6.07, 6.45) is 0. The average Bonchev–Trinajstić information content (AvgIpc) is 2.16. The monoisotopic (exact) mass is 181 g/mol. The van der Waals surface area contributed by atoms with E-state index in [0.717, 1.165) is 0 Å². The Labute approximate surface area is 75.9 Å². The molecule has 0 spiro atoms. The normalized spacial score (nSPS) is 9.69. The number of rotatable bonds is 2.